The van der Waals surface area contributed by atoms with Crippen LogP contribution in [0.5, 0.6) is 0 Å². The summed E-state index contributed by atoms with van der Waals surface area (Å²) in [6, 6.07) is 17.4. The van der Waals surface area contributed by atoms with E-state index in [2.05, 4.69) is 22.8 Å². The average molecular weight is 303 g/mol. The first-order chi connectivity index (χ1) is 10.2. The Kier molecular flexibility index (Phi) is 6.25. The summed E-state index contributed by atoms with van der Waals surface area (Å²) in [6.45, 7) is 1.14. The zero-order valence-corrected chi connectivity index (χ0v) is 12.6. The monoisotopic (exact) mass is 302 g/mol. The first kappa shape index (κ1) is 15.5. The first-order valence-corrected chi connectivity index (χ1v) is 7.42. The van der Waals surface area contributed by atoms with Crippen LogP contribution in [0.3, 0.4) is 0 Å². The van der Waals surface area contributed by atoms with Gasteiger partial charge < -0.3 is 10.6 Å². The maximum Gasteiger partial charge on any atom is 0.238 e. The molecule has 0 aliphatic heterocycles. The fourth-order valence-electron chi connectivity index (χ4n) is 2.00. The summed E-state index contributed by atoms with van der Waals surface area (Å²) in [5, 5.41) is 6.63. The lowest BCUT2D eigenvalue weighted by atomic mass is 10.1. The van der Waals surface area contributed by atoms with Crippen molar-refractivity contribution < 1.29 is 4.79 Å². The van der Waals surface area contributed by atoms with Crippen molar-refractivity contribution in [1.82, 2.24) is 5.32 Å². The third-order valence-corrected chi connectivity index (χ3v) is 3.33. The van der Waals surface area contributed by atoms with Gasteiger partial charge in [0.15, 0.2) is 0 Å². The fraction of sp³-hybridized carbons (Fsp3) is 0.235. The molecule has 0 saturated carbocycles. The van der Waals surface area contributed by atoms with Crippen LogP contribution in [0, 0.1) is 0 Å². The van der Waals surface area contributed by atoms with Gasteiger partial charge in [0.05, 0.1) is 6.54 Å². The molecule has 0 fully saturated rings. The lowest BCUT2D eigenvalue weighted by Gasteiger charge is -2.07. The number of anilines is 1. The van der Waals surface area contributed by atoms with Gasteiger partial charge in [-0.15, -0.1) is 0 Å². The Balaban J connectivity index is 1.60. The number of hydrogen-bond donors (Lipinski definition) is 2. The lowest BCUT2D eigenvalue weighted by molar-refractivity contribution is -0.115. The van der Waals surface area contributed by atoms with Crippen LogP contribution in [-0.2, 0) is 11.2 Å². The van der Waals surface area contributed by atoms with E-state index in [1.165, 1.54) is 5.56 Å². The quantitative estimate of drug-likeness (QED) is 0.769. The summed E-state index contributed by atoms with van der Waals surface area (Å²) in [4.78, 5) is 11.7. The van der Waals surface area contributed by atoms with Gasteiger partial charge in [0.25, 0.3) is 0 Å². The number of aryl methyl sites for hydroxylation is 1. The van der Waals surface area contributed by atoms with E-state index in [-0.39, 0.29) is 5.91 Å². The van der Waals surface area contributed by atoms with Gasteiger partial charge in [-0.1, -0.05) is 41.9 Å². The first-order valence-electron chi connectivity index (χ1n) is 7.04. The van der Waals surface area contributed by atoms with Crippen molar-refractivity contribution in [1.29, 1.82) is 0 Å². The molecule has 0 unspecified atom stereocenters. The van der Waals surface area contributed by atoms with Gasteiger partial charge in [-0.3, -0.25) is 4.79 Å². The van der Waals surface area contributed by atoms with E-state index in [1.807, 2.05) is 18.2 Å². The number of nitrogens with one attached hydrogen (secondary N) is 2. The van der Waals surface area contributed by atoms with Crippen LogP contribution < -0.4 is 10.6 Å². The number of benzene rings is 2. The third-order valence-electron chi connectivity index (χ3n) is 3.08. The number of hydrogen-bond acceptors (Lipinski definition) is 2. The Morgan fingerprint density at radius 2 is 1.71 bits per heavy atom. The summed E-state index contributed by atoms with van der Waals surface area (Å²) in [5.41, 5.74) is 2.08. The number of carbonyl (C=O) groups excluding carboxylic acids is 1. The minimum Gasteiger partial charge on any atom is -0.325 e. The second kappa shape index (κ2) is 8.45. The van der Waals surface area contributed by atoms with Gasteiger partial charge in [0, 0.05) is 10.7 Å². The molecule has 4 heteroatoms. The topological polar surface area (TPSA) is 41.1 Å². The predicted octanol–water partition coefficient (Wildman–Crippen LogP) is 3.50. The van der Waals surface area contributed by atoms with Crippen LogP contribution >= 0.6 is 11.6 Å². The van der Waals surface area contributed by atoms with E-state index in [0.717, 1.165) is 25.1 Å². The highest BCUT2D eigenvalue weighted by Crippen LogP contribution is 2.12. The number of carbonyl (C=O) groups is 1. The molecule has 0 spiro atoms. The van der Waals surface area contributed by atoms with Crippen LogP contribution in [-0.4, -0.2) is 19.0 Å². The van der Waals surface area contributed by atoms with Crippen molar-refractivity contribution in [2.75, 3.05) is 18.4 Å². The van der Waals surface area contributed by atoms with E-state index in [9.17, 15) is 4.79 Å². The van der Waals surface area contributed by atoms with Crippen molar-refractivity contribution in [3.63, 3.8) is 0 Å². The smallest absolute Gasteiger partial charge is 0.238 e. The summed E-state index contributed by atoms with van der Waals surface area (Å²) in [5.74, 6) is -0.0444. The van der Waals surface area contributed by atoms with Crippen molar-refractivity contribution in [2.24, 2.45) is 0 Å². The molecule has 0 radical (unpaired) electrons. The highest BCUT2D eigenvalue weighted by Gasteiger charge is 2.01. The van der Waals surface area contributed by atoms with E-state index >= 15 is 0 Å². The third kappa shape index (κ3) is 5.98. The highest BCUT2D eigenvalue weighted by molar-refractivity contribution is 6.30. The molecule has 0 atom stereocenters. The van der Waals surface area contributed by atoms with Crippen molar-refractivity contribution in [2.45, 2.75) is 12.8 Å². The second-order valence-electron chi connectivity index (χ2n) is 4.82. The maximum atomic E-state index is 11.7. The number of rotatable bonds is 7. The maximum absolute atomic E-state index is 11.7. The molecule has 0 aliphatic rings. The molecular formula is C17H19ClN2O. The zero-order valence-electron chi connectivity index (χ0n) is 11.8. The molecule has 0 heterocycles. The van der Waals surface area contributed by atoms with Gasteiger partial charge in [0.2, 0.25) is 5.91 Å². The van der Waals surface area contributed by atoms with E-state index in [0.29, 0.717) is 11.6 Å². The summed E-state index contributed by atoms with van der Waals surface area (Å²) in [7, 11) is 0. The Morgan fingerprint density at radius 1 is 1.00 bits per heavy atom. The van der Waals surface area contributed by atoms with Gasteiger partial charge >= 0.3 is 0 Å². The van der Waals surface area contributed by atoms with Gasteiger partial charge in [-0.25, -0.2) is 0 Å². The summed E-state index contributed by atoms with van der Waals surface area (Å²) in [6.07, 6.45) is 2.03. The molecule has 110 valence electrons. The zero-order chi connectivity index (χ0) is 14.9. The standard InChI is InChI=1S/C17H19ClN2O/c18-15-8-10-16(11-9-15)20-17(21)13-19-12-4-7-14-5-2-1-3-6-14/h1-3,5-6,8-11,19H,4,7,12-13H2,(H,20,21). The van der Waals surface area contributed by atoms with Crippen LogP contribution in [0.15, 0.2) is 54.6 Å². The fourth-order valence-corrected chi connectivity index (χ4v) is 2.13. The highest BCUT2D eigenvalue weighted by atomic mass is 35.5. The molecule has 0 aliphatic carbocycles. The van der Waals surface area contributed by atoms with Crippen molar-refractivity contribution in [3.8, 4) is 0 Å². The van der Waals surface area contributed by atoms with Crippen LogP contribution in [0.4, 0.5) is 5.69 Å². The molecule has 2 N–H and O–H groups in total. The molecular weight excluding hydrogens is 284 g/mol. The van der Waals surface area contributed by atoms with Crippen LogP contribution in [0.1, 0.15) is 12.0 Å². The molecule has 0 aromatic heterocycles. The molecule has 2 aromatic carbocycles. The Morgan fingerprint density at radius 3 is 2.43 bits per heavy atom. The number of amides is 1. The molecule has 21 heavy (non-hydrogen) atoms. The Bertz CT molecular complexity index is 555. The number of halogens is 1. The van der Waals surface area contributed by atoms with Crippen LogP contribution in [0.25, 0.3) is 0 Å². The molecule has 2 aromatic rings. The second-order valence-corrected chi connectivity index (χ2v) is 5.26. The molecule has 0 bridgehead atoms. The average Bonchev–Trinajstić information content (AvgIpc) is 2.50. The molecule has 0 saturated heterocycles. The molecule has 1 amide bonds. The Hall–Kier alpha value is -1.84. The van der Waals surface area contributed by atoms with Gasteiger partial charge in [0.1, 0.15) is 0 Å². The normalized spacial score (nSPS) is 10.3. The van der Waals surface area contributed by atoms with Crippen molar-refractivity contribution >= 4 is 23.2 Å². The minimum atomic E-state index is -0.0444. The minimum absolute atomic E-state index is 0.0444. The summed E-state index contributed by atoms with van der Waals surface area (Å²) < 4.78 is 0. The van der Waals surface area contributed by atoms with E-state index < -0.39 is 0 Å². The lowest BCUT2D eigenvalue weighted by Crippen LogP contribution is -2.28. The predicted molar refractivity (Wildman–Crippen MR) is 87.7 cm³/mol. The van der Waals surface area contributed by atoms with Gasteiger partial charge in [-0.2, -0.15) is 0 Å². The van der Waals surface area contributed by atoms with E-state index in [1.54, 1.807) is 24.3 Å². The molecule has 3 nitrogen and oxygen atoms in total. The van der Waals surface area contributed by atoms with Crippen molar-refractivity contribution in [3.05, 3.63) is 65.2 Å². The summed E-state index contributed by atoms with van der Waals surface area (Å²) >= 11 is 5.79. The SMILES string of the molecule is O=C(CNCCCc1ccccc1)Nc1ccc(Cl)cc1. The van der Waals surface area contributed by atoms with E-state index in [4.69, 9.17) is 11.6 Å². The Labute approximate surface area is 130 Å². The largest absolute Gasteiger partial charge is 0.325 e. The van der Waals surface area contributed by atoms with Crippen LogP contribution in [0.2, 0.25) is 5.02 Å². The molecule has 2 rings (SSSR count). The van der Waals surface area contributed by atoms with Gasteiger partial charge in [-0.05, 0) is 49.2 Å².